The van der Waals surface area contributed by atoms with Gasteiger partial charge in [-0.05, 0) is 25.1 Å². The lowest BCUT2D eigenvalue weighted by molar-refractivity contribution is -0.115. The molecule has 0 saturated carbocycles. The Bertz CT molecular complexity index is 951. The van der Waals surface area contributed by atoms with E-state index in [1.54, 1.807) is 37.3 Å². The molecule has 10 heteroatoms. The third-order valence-corrected chi connectivity index (χ3v) is 7.58. The molecule has 0 aliphatic carbocycles. The topological polar surface area (TPSA) is 105 Å². The van der Waals surface area contributed by atoms with Gasteiger partial charge in [0.15, 0.2) is 0 Å². The average molecular weight is 424 g/mol. The molecule has 1 aromatic carbocycles. The van der Waals surface area contributed by atoms with Crippen LogP contribution in [-0.4, -0.2) is 57.4 Å². The lowest BCUT2D eigenvalue weighted by atomic mass is 10.2. The maximum absolute atomic E-state index is 12.7. The zero-order valence-corrected chi connectivity index (χ0v) is 16.9. The minimum absolute atomic E-state index is 0.176. The highest BCUT2D eigenvalue weighted by Crippen LogP contribution is 2.32. The Hall–Kier alpha value is -2.27. The SMILES string of the molecule is Cc1sc(S(=O)(=O)N2CCOCC2)cc1NC(=O)CNC(=O)c1ccccc1. The van der Waals surface area contributed by atoms with Crippen LogP contribution in [0.4, 0.5) is 5.69 Å². The summed E-state index contributed by atoms with van der Waals surface area (Å²) in [6.07, 6.45) is 0. The molecule has 0 spiro atoms. The van der Waals surface area contributed by atoms with Crippen LogP contribution in [0.2, 0.25) is 0 Å². The number of hydrogen-bond donors (Lipinski definition) is 2. The van der Waals surface area contributed by atoms with Crippen LogP contribution < -0.4 is 10.6 Å². The van der Waals surface area contributed by atoms with Crippen LogP contribution in [0.3, 0.4) is 0 Å². The van der Waals surface area contributed by atoms with Gasteiger partial charge in [-0.2, -0.15) is 4.31 Å². The number of rotatable bonds is 6. The number of nitrogens with one attached hydrogen (secondary N) is 2. The molecule has 2 aromatic rings. The van der Waals surface area contributed by atoms with E-state index in [9.17, 15) is 18.0 Å². The summed E-state index contributed by atoms with van der Waals surface area (Å²) >= 11 is 1.11. The molecule has 1 fully saturated rings. The van der Waals surface area contributed by atoms with Crippen molar-refractivity contribution < 1.29 is 22.7 Å². The van der Waals surface area contributed by atoms with Gasteiger partial charge in [0.05, 0.1) is 25.4 Å². The molecule has 3 rings (SSSR count). The number of hydrogen-bond acceptors (Lipinski definition) is 6. The second-order valence-corrected chi connectivity index (χ2v) is 9.57. The fourth-order valence-electron chi connectivity index (χ4n) is 2.67. The zero-order chi connectivity index (χ0) is 20.1. The van der Waals surface area contributed by atoms with Crippen LogP contribution in [0.15, 0.2) is 40.6 Å². The van der Waals surface area contributed by atoms with Gasteiger partial charge in [0.2, 0.25) is 5.91 Å². The van der Waals surface area contributed by atoms with E-state index < -0.39 is 15.9 Å². The van der Waals surface area contributed by atoms with Crippen molar-refractivity contribution in [1.82, 2.24) is 9.62 Å². The van der Waals surface area contributed by atoms with E-state index >= 15 is 0 Å². The summed E-state index contributed by atoms with van der Waals surface area (Å²) in [5, 5.41) is 5.20. The Morgan fingerprint density at radius 2 is 1.86 bits per heavy atom. The van der Waals surface area contributed by atoms with Gasteiger partial charge in [-0.1, -0.05) is 18.2 Å². The number of amides is 2. The minimum atomic E-state index is -3.61. The standard InChI is InChI=1S/C18H21N3O5S2/c1-13-15(11-17(27-13)28(24,25)21-7-9-26-10-8-21)20-16(22)12-19-18(23)14-5-3-2-4-6-14/h2-6,11H,7-10,12H2,1H3,(H,19,23)(H,20,22). The van der Waals surface area contributed by atoms with Crippen molar-refractivity contribution in [3.63, 3.8) is 0 Å². The maximum Gasteiger partial charge on any atom is 0.252 e. The number of anilines is 1. The third kappa shape index (κ3) is 4.76. The highest BCUT2D eigenvalue weighted by atomic mass is 32.2. The van der Waals surface area contributed by atoms with Crippen molar-refractivity contribution >= 4 is 38.9 Å². The highest BCUT2D eigenvalue weighted by Gasteiger charge is 2.28. The molecule has 1 aliphatic heterocycles. The Labute approximate surface area is 167 Å². The fraction of sp³-hybridized carbons (Fsp3) is 0.333. The van der Waals surface area contributed by atoms with E-state index in [4.69, 9.17) is 4.74 Å². The fourth-order valence-corrected chi connectivity index (χ4v) is 5.63. The molecule has 1 aliphatic rings. The van der Waals surface area contributed by atoms with Crippen LogP contribution in [0.5, 0.6) is 0 Å². The number of aryl methyl sites for hydroxylation is 1. The number of thiophene rings is 1. The normalized spacial score (nSPS) is 15.2. The second-order valence-electron chi connectivity index (χ2n) is 6.15. The lowest BCUT2D eigenvalue weighted by Gasteiger charge is -2.25. The van der Waals surface area contributed by atoms with E-state index in [1.807, 2.05) is 0 Å². The average Bonchev–Trinajstić information content (AvgIpc) is 3.08. The zero-order valence-electron chi connectivity index (χ0n) is 15.3. The summed E-state index contributed by atoms with van der Waals surface area (Å²) in [4.78, 5) is 24.8. The first kappa shape index (κ1) is 20.5. The van der Waals surface area contributed by atoms with Crippen LogP contribution in [-0.2, 0) is 19.6 Å². The Kier molecular flexibility index (Phi) is 6.45. The number of ether oxygens (including phenoxy) is 1. The molecule has 2 amide bonds. The first-order valence-corrected chi connectivity index (χ1v) is 10.9. The monoisotopic (exact) mass is 423 g/mol. The van der Waals surface area contributed by atoms with Crippen LogP contribution >= 0.6 is 11.3 Å². The molecule has 28 heavy (non-hydrogen) atoms. The first-order valence-electron chi connectivity index (χ1n) is 8.69. The summed E-state index contributed by atoms with van der Waals surface area (Å²) in [7, 11) is -3.61. The van der Waals surface area contributed by atoms with E-state index in [1.165, 1.54) is 10.4 Å². The van der Waals surface area contributed by atoms with Crippen molar-refractivity contribution in [2.24, 2.45) is 0 Å². The number of sulfonamides is 1. The molecule has 8 nitrogen and oxygen atoms in total. The Balaban J connectivity index is 1.61. The van der Waals surface area contributed by atoms with Gasteiger partial charge in [0, 0.05) is 23.5 Å². The predicted octanol–water partition coefficient (Wildman–Crippen LogP) is 1.45. The van der Waals surface area contributed by atoms with E-state index in [0.717, 1.165) is 11.3 Å². The maximum atomic E-state index is 12.7. The van der Waals surface area contributed by atoms with Gasteiger partial charge in [0.1, 0.15) is 4.21 Å². The predicted molar refractivity (Wildman–Crippen MR) is 106 cm³/mol. The quantitative estimate of drug-likeness (QED) is 0.732. The van der Waals surface area contributed by atoms with Crippen molar-refractivity contribution in [3.8, 4) is 0 Å². The van der Waals surface area contributed by atoms with Gasteiger partial charge in [-0.3, -0.25) is 9.59 Å². The van der Waals surface area contributed by atoms with Crippen LogP contribution in [0.1, 0.15) is 15.2 Å². The first-order chi connectivity index (χ1) is 13.4. The third-order valence-electron chi connectivity index (χ3n) is 4.18. The Morgan fingerprint density at radius 3 is 2.54 bits per heavy atom. The van der Waals surface area contributed by atoms with Crippen molar-refractivity contribution in [2.75, 3.05) is 38.2 Å². The molecule has 150 valence electrons. The van der Waals surface area contributed by atoms with E-state index in [2.05, 4.69) is 10.6 Å². The molecule has 0 atom stereocenters. The number of carbonyl (C=O) groups is 2. The smallest absolute Gasteiger partial charge is 0.252 e. The molecule has 0 unspecified atom stereocenters. The molecule has 0 radical (unpaired) electrons. The van der Waals surface area contributed by atoms with Crippen molar-refractivity contribution in [1.29, 1.82) is 0 Å². The summed E-state index contributed by atoms with van der Waals surface area (Å²) in [5.41, 5.74) is 0.886. The number of benzene rings is 1. The summed E-state index contributed by atoms with van der Waals surface area (Å²) in [5.74, 6) is -0.783. The minimum Gasteiger partial charge on any atom is -0.379 e. The van der Waals surface area contributed by atoms with Crippen LogP contribution in [0, 0.1) is 6.92 Å². The second kappa shape index (κ2) is 8.82. The van der Waals surface area contributed by atoms with E-state index in [0.29, 0.717) is 42.4 Å². The lowest BCUT2D eigenvalue weighted by Crippen LogP contribution is -2.40. The van der Waals surface area contributed by atoms with Gasteiger partial charge in [0.25, 0.3) is 15.9 Å². The largest absolute Gasteiger partial charge is 0.379 e. The van der Waals surface area contributed by atoms with E-state index in [-0.39, 0.29) is 16.7 Å². The van der Waals surface area contributed by atoms with Crippen molar-refractivity contribution in [3.05, 3.63) is 46.8 Å². The molecular weight excluding hydrogens is 402 g/mol. The molecule has 1 saturated heterocycles. The van der Waals surface area contributed by atoms with Crippen molar-refractivity contribution in [2.45, 2.75) is 11.1 Å². The Morgan fingerprint density at radius 1 is 1.18 bits per heavy atom. The van der Waals surface area contributed by atoms with Gasteiger partial charge in [-0.25, -0.2) is 8.42 Å². The molecular formula is C18H21N3O5S2. The summed E-state index contributed by atoms with van der Waals surface area (Å²) in [6, 6.07) is 10.0. The summed E-state index contributed by atoms with van der Waals surface area (Å²) < 4.78 is 32.2. The molecule has 2 heterocycles. The molecule has 0 bridgehead atoms. The number of carbonyl (C=O) groups excluding carboxylic acids is 2. The van der Waals surface area contributed by atoms with Crippen LogP contribution in [0.25, 0.3) is 0 Å². The summed E-state index contributed by atoms with van der Waals surface area (Å²) in [6.45, 7) is 2.89. The number of morpholine rings is 1. The number of nitrogens with zero attached hydrogens (tertiary/aromatic N) is 1. The van der Waals surface area contributed by atoms with Gasteiger partial charge >= 0.3 is 0 Å². The molecule has 1 aromatic heterocycles. The highest BCUT2D eigenvalue weighted by molar-refractivity contribution is 7.91. The molecule has 2 N–H and O–H groups in total. The van der Waals surface area contributed by atoms with Gasteiger partial charge < -0.3 is 15.4 Å². The van der Waals surface area contributed by atoms with Gasteiger partial charge in [-0.15, -0.1) is 11.3 Å².